The molecule has 0 saturated heterocycles. The van der Waals surface area contributed by atoms with E-state index >= 15 is 0 Å². The van der Waals surface area contributed by atoms with Gasteiger partial charge in [-0.25, -0.2) is 0 Å². The Kier molecular flexibility index (Phi) is 3.84. The fraction of sp³-hybridized carbons (Fsp3) is 1.00. The lowest BCUT2D eigenvalue weighted by Gasteiger charge is -2.47. The van der Waals surface area contributed by atoms with E-state index in [4.69, 9.17) is 10.9 Å². The molecule has 0 aliphatic heterocycles. The Morgan fingerprint density at radius 2 is 1.82 bits per heavy atom. The molecule has 0 spiro atoms. The van der Waals surface area contributed by atoms with Crippen LogP contribution in [0.15, 0.2) is 0 Å². The van der Waals surface area contributed by atoms with Crippen LogP contribution >= 0.6 is 10.4 Å². The molecule has 0 bridgehead atoms. The molecule has 70 valence electrons. The zero-order chi connectivity index (χ0) is 9.12. The summed E-state index contributed by atoms with van der Waals surface area (Å²) in [6, 6.07) is 0. The van der Waals surface area contributed by atoms with Gasteiger partial charge < -0.3 is 5.73 Å². The van der Waals surface area contributed by atoms with Gasteiger partial charge in [-0.05, 0) is 0 Å². The van der Waals surface area contributed by atoms with E-state index in [0.29, 0.717) is 6.54 Å². The van der Waals surface area contributed by atoms with Crippen molar-refractivity contribution in [3.05, 3.63) is 0 Å². The number of quaternary nitrogens is 1. The molecule has 0 fully saturated rings. The van der Waals surface area contributed by atoms with Crippen molar-refractivity contribution in [2.24, 2.45) is 10.9 Å². The van der Waals surface area contributed by atoms with E-state index in [2.05, 4.69) is 27.3 Å². The van der Waals surface area contributed by atoms with Gasteiger partial charge in [0.25, 0.3) is 0 Å². The summed E-state index contributed by atoms with van der Waals surface area (Å²) in [6.45, 7) is 3.83. The summed E-state index contributed by atoms with van der Waals surface area (Å²) in [5.41, 5.74) is 5.51. The van der Waals surface area contributed by atoms with Crippen LogP contribution in [0.4, 0.5) is 0 Å². The molecule has 0 heterocycles. The van der Waals surface area contributed by atoms with Gasteiger partial charge in [0.1, 0.15) is 6.54 Å². The second kappa shape index (κ2) is 3.76. The number of nitrogens with zero attached hydrogens (tertiary/aromatic N) is 1. The Hall–Kier alpha value is 0.230. The first-order valence-corrected chi connectivity index (χ1v) is 6.17. The van der Waals surface area contributed by atoms with Gasteiger partial charge >= 0.3 is 0 Å². The molecule has 11 heavy (non-hydrogen) atoms. The first kappa shape index (κ1) is 11.2. The summed E-state index contributed by atoms with van der Waals surface area (Å²) in [7, 11) is 3.31. The number of hydrogen-bond acceptors (Lipinski definition) is 2. The maximum Gasteiger partial charge on any atom is 0.101 e. The van der Waals surface area contributed by atoms with Crippen molar-refractivity contribution in [1.29, 1.82) is 0 Å². The summed E-state index contributed by atoms with van der Waals surface area (Å²) < 4.78 is 0.875. The van der Waals surface area contributed by atoms with Crippen LogP contribution in [0.1, 0.15) is 6.92 Å². The molecule has 0 aliphatic rings. The topological polar surface area (TPSA) is 52.0 Å². The van der Waals surface area contributed by atoms with Crippen LogP contribution in [0.5, 0.6) is 0 Å². The highest BCUT2D eigenvalue weighted by molar-refractivity contribution is 8.26. The second-order valence-electron chi connectivity index (χ2n) is 3.48. The Morgan fingerprint density at radius 1 is 1.36 bits per heavy atom. The molecule has 4 N–H and O–H groups in total. The summed E-state index contributed by atoms with van der Waals surface area (Å²) in [4.78, 5) is 0. The molecule has 1 atom stereocenters. The van der Waals surface area contributed by atoms with Crippen molar-refractivity contribution in [3.63, 3.8) is 0 Å². The molecule has 0 aromatic heterocycles. The lowest BCUT2D eigenvalue weighted by Crippen LogP contribution is -2.49. The molecule has 0 saturated carbocycles. The minimum absolute atomic E-state index is 0.715. The van der Waals surface area contributed by atoms with E-state index in [1.165, 1.54) is 0 Å². The van der Waals surface area contributed by atoms with Crippen molar-refractivity contribution in [3.8, 4) is 0 Å². The van der Waals surface area contributed by atoms with E-state index in [-0.39, 0.29) is 0 Å². The molecule has 0 aliphatic carbocycles. The zero-order valence-corrected chi connectivity index (χ0v) is 8.95. The minimum atomic E-state index is -1.00. The zero-order valence-electron chi connectivity index (χ0n) is 8.13. The van der Waals surface area contributed by atoms with Gasteiger partial charge in [-0.1, -0.05) is 17.3 Å². The average molecular weight is 180 g/mol. The highest BCUT2D eigenvalue weighted by Crippen LogP contribution is 2.43. The quantitative estimate of drug-likeness (QED) is 0.610. The summed E-state index contributed by atoms with van der Waals surface area (Å²) in [5, 5.41) is 6.18. The highest BCUT2D eigenvalue weighted by Gasteiger charge is 2.29. The van der Waals surface area contributed by atoms with Gasteiger partial charge in [-0.15, -0.1) is 0 Å². The first-order chi connectivity index (χ1) is 4.87. The van der Waals surface area contributed by atoms with Gasteiger partial charge in [0.15, 0.2) is 0 Å². The lowest BCUT2D eigenvalue weighted by atomic mass is 10.6. The number of likely N-dealkylation sites (N-methyl/N-ethyl adjacent to an activating group) is 1. The normalized spacial score (nSPS) is 20.9. The number of hydrogen-bond donors (Lipinski definition) is 2. The lowest BCUT2D eigenvalue weighted by molar-refractivity contribution is -0.756. The third-order valence-corrected chi connectivity index (χ3v) is 5.99. The average Bonchev–Trinajstić information content (AvgIpc) is 1.87. The van der Waals surface area contributed by atoms with Gasteiger partial charge in [-0.2, -0.15) is 0 Å². The molecular weight excluding hydrogens is 158 g/mol. The van der Waals surface area contributed by atoms with E-state index in [9.17, 15) is 0 Å². The van der Waals surface area contributed by atoms with Crippen molar-refractivity contribution < 1.29 is 3.89 Å². The van der Waals surface area contributed by atoms with Crippen molar-refractivity contribution in [1.82, 2.24) is 0 Å². The fourth-order valence-corrected chi connectivity index (χ4v) is 2.09. The Labute approximate surface area is 71.9 Å². The summed E-state index contributed by atoms with van der Waals surface area (Å²) in [6.07, 6.45) is 2.16. The predicted molar refractivity (Wildman–Crippen MR) is 54.3 cm³/mol. The van der Waals surface area contributed by atoms with Crippen LogP contribution in [-0.4, -0.2) is 43.1 Å². The van der Waals surface area contributed by atoms with E-state index in [1.54, 1.807) is 0 Å². The fourth-order valence-electron chi connectivity index (χ4n) is 0.869. The van der Waals surface area contributed by atoms with Crippen molar-refractivity contribution in [2.45, 2.75) is 6.92 Å². The molecule has 0 aromatic carbocycles. The van der Waals surface area contributed by atoms with Crippen molar-refractivity contribution >= 4 is 10.4 Å². The Morgan fingerprint density at radius 3 is 2.09 bits per heavy atom. The maximum absolute atomic E-state index is 6.18. The van der Waals surface area contributed by atoms with Crippen molar-refractivity contribution in [2.75, 3.05) is 39.2 Å². The Balaban J connectivity index is 4.26. The van der Waals surface area contributed by atoms with Gasteiger partial charge in [0, 0.05) is 18.6 Å². The number of rotatable bonds is 4. The minimum Gasteiger partial charge on any atom is -0.326 e. The SMILES string of the molecule is CCS(C)(N)[N+](C)(C)CCN. The van der Waals surface area contributed by atoms with E-state index < -0.39 is 10.4 Å². The van der Waals surface area contributed by atoms with Crippen LogP contribution in [-0.2, 0) is 0 Å². The molecular formula is C7H22N3S+. The summed E-state index contributed by atoms with van der Waals surface area (Å²) >= 11 is 0. The van der Waals surface area contributed by atoms with Crippen LogP contribution in [0.2, 0.25) is 0 Å². The van der Waals surface area contributed by atoms with Gasteiger partial charge in [0.05, 0.1) is 14.1 Å². The monoisotopic (exact) mass is 180 g/mol. The second-order valence-corrected chi connectivity index (χ2v) is 7.27. The molecule has 0 amide bonds. The smallest absolute Gasteiger partial charge is 0.101 e. The molecule has 1 unspecified atom stereocenters. The van der Waals surface area contributed by atoms with Gasteiger partial charge in [-0.3, -0.25) is 9.03 Å². The molecule has 4 heteroatoms. The molecule has 0 aromatic rings. The molecule has 0 radical (unpaired) electrons. The summed E-state index contributed by atoms with van der Waals surface area (Å²) in [5.74, 6) is 1.06. The molecule has 3 nitrogen and oxygen atoms in total. The first-order valence-electron chi connectivity index (χ1n) is 3.94. The highest BCUT2D eigenvalue weighted by atomic mass is 32.3. The van der Waals surface area contributed by atoms with Crippen LogP contribution in [0, 0.1) is 0 Å². The predicted octanol–water partition coefficient (Wildman–Crippen LogP) is 0.265. The Bertz CT molecular complexity index is 123. The number of nitrogens with two attached hydrogens (primary N) is 2. The van der Waals surface area contributed by atoms with Gasteiger partial charge in [0.2, 0.25) is 0 Å². The third kappa shape index (κ3) is 2.63. The standard InChI is InChI=1S/C7H22N3S/c1-5-11(4,9)10(2,3)7-6-8/h5-9H2,1-4H3/q+1. The maximum atomic E-state index is 6.18. The van der Waals surface area contributed by atoms with E-state index in [0.717, 1.165) is 16.2 Å². The van der Waals surface area contributed by atoms with E-state index in [1.807, 2.05) is 0 Å². The van der Waals surface area contributed by atoms with Crippen LogP contribution in [0.25, 0.3) is 0 Å². The van der Waals surface area contributed by atoms with Crippen LogP contribution in [0.3, 0.4) is 0 Å². The third-order valence-electron chi connectivity index (χ3n) is 2.38. The van der Waals surface area contributed by atoms with Crippen LogP contribution < -0.4 is 10.9 Å². The largest absolute Gasteiger partial charge is 0.326 e. The molecule has 0 rings (SSSR count).